The molecule has 40 heavy (non-hydrogen) atoms. The first-order chi connectivity index (χ1) is 17.9. The van der Waals surface area contributed by atoms with Gasteiger partial charge in [0.1, 0.15) is 5.75 Å². The summed E-state index contributed by atoms with van der Waals surface area (Å²) in [6, 6.07) is 16.5. The fourth-order valence-electron chi connectivity index (χ4n) is 3.86. The molecule has 0 radical (unpaired) electrons. The maximum Gasteiger partial charge on any atom is 0.203 e. The number of benzene rings is 3. The largest absolute Gasteiger partial charge is 0.508 e. The van der Waals surface area contributed by atoms with E-state index in [-0.39, 0.29) is 16.2 Å². The quantitative estimate of drug-likeness (QED) is 0.211. The van der Waals surface area contributed by atoms with Crippen LogP contribution in [0.2, 0.25) is 0 Å². The van der Waals surface area contributed by atoms with Crippen molar-refractivity contribution in [3.63, 3.8) is 0 Å². The van der Waals surface area contributed by atoms with Crippen LogP contribution in [0.5, 0.6) is 11.5 Å². The van der Waals surface area contributed by atoms with Gasteiger partial charge in [0.2, 0.25) is 11.6 Å². The van der Waals surface area contributed by atoms with Gasteiger partial charge in [-0.2, -0.15) is 8.78 Å². The predicted molar refractivity (Wildman–Crippen MR) is 157 cm³/mol. The topological polar surface area (TPSA) is 40.5 Å². The molecule has 0 amide bonds. The molecule has 2 N–H and O–H groups in total. The summed E-state index contributed by atoms with van der Waals surface area (Å²) in [5.41, 5.74) is 2.56. The molecule has 0 spiro atoms. The molecule has 0 aromatic heterocycles. The minimum Gasteiger partial charge on any atom is -0.508 e. The van der Waals surface area contributed by atoms with Gasteiger partial charge in [0.15, 0.2) is 17.4 Å². The van der Waals surface area contributed by atoms with E-state index in [1.165, 1.54) is 31.9 Å². The van der Waals surface area contributed by atoms with Crippen LogP contribution < -0.4 is 0 Å². The zero-order valence-corrected chi connectivity index (χ0v) is 26.0. The summed E-state index contributed by atoms with van der Waals surface area (Å²) < 4.78 is 52.4. The van der Waals surface area contributed by atoms with E-state index in [4.69, 9.17) is 5.11 Å². The van der Waals surface area contributed by atoms with Gasteiger partial charge in [0.25, 0.3) is 0 Å². The number of aromatic hydroxyl groups is 2. The minimum atomic E-state index is -1.76. The molecule has 0 saturated carbocycles. The summed E-state index contributed by atoms with van der Waals surface area (Å²) in [6.45, 7) is 24.0. The zero-order valence-electron chi connectivity index (χ0n) is 26.0. The summed E-state index contributed by atoms with van der Waals surface area (Å²) in [4.78, 5) is 0. The second-order valence-corrected chi connectivity index (χ2v) is 14.1. The van der Waals surface area contributed by atoms with Gasteiger partial charge in [0, 0.05) is 5.56 Å². The van der Waals surface area contributed by atoms with Crippen LogP contribution in [0.3, 0.4) is 0 Å². The van der Waals surface area contributed by atoms with Gasteiger partial charge in [-0.25, -0.2) is 8.78 Å². The van der Waals surface area contributed by atoms with E-state index >= 15 is 0 Å². The molecule has 0 atom stereocenters. The van der Waals surface area contributed by atoms with Crippen molar-refractivity contribution in [1.82, 2.24) is 0 Å². The molecule has 0 unspecified atom stereocenters. The number of phenolic OH excluding ortho intramolecular Hbond substituents is 2. The molecule has 0 aliphatic heterocycles. The van der Waals surface area contributed by atoms with Crippen LogP contribution >= 0.6 is 0 Å². The van der Waals surface area contributed by atoms with E-state index in [1.54, 1.807) is 6.07 Å². The third-order valence-electron chi connectivity index (χ3n) is 6.32. The molecule has 3 aromatic carbocycles. The highest BCUT2D eigenvalue weighted by Crippen LogP contribution is 2.35. The van der Waals surface area contributed by atoms with Crippen molar-refractivity contribution in [2.24, 2.45) is 0 Å². The highest BCUT2D eigenvalue weighted by molar-refractivity contribution is 5.37. The Balaban J connectivity index is 0.000000304. The van der Waals surface area contributed by atoms with Gasteiger partial charge in [0.05, 0.1) is 0 Å². The number of phenols is 2. The maximum absolute atomic E-state index is 13.3. The standard InChI is InChI=1S/C14H22.C10H10F4O.C10H14O/c1-13(2,3)11-7-9-12(10-8-11)14(4,5)6;1-10(2,3)4-5(11)7(13)9(15)8(14)6(4)12;1-10(2,3)8-6-4-5-7-9(8)11/h7-10H,1-6H3;15H,1-3H3;4-7,11H,1-3H3. The van der Waals surface area contributed by atoms with Crippen LogP contribution in [0.25, 0.3) is 0 Å². The number of hydrogen-bond acceptors (Lipinski definition) is 2. The highest BCUT2D eigenvalue weighted by Gasteiger charge is 2.31. The van der Waals surface area contributed by atoms with Gasteiger partial charge in [-0.05, 0) is 44.4 Å². The van der Waals surface area contributed by atoms with Crippen LogP contribution in [-0.2, 0) is 21.7 Å². The summed E-state index contributed by atoms with van der Waals surface area (Å²) in [7, 11) is 0. The average Bonchev–Trinajstić information content (AvgIpc) is 2.80. The molecule has 6 heteroatoms. The van der Waals surface area contributed by atoms with E-state index in [2.05, 4.69) is 86.6 Å². The van der Waals surface area contributed by atoms with Crippen LogP contribution in [0.1, 0.15) is 105 Å². The fraction of sp³-hybridized carbons (Fsp3) is 0.471. The first-order valence-electron chi connectivity index (χ1n) is 13.4. The normalized spacial score (nSPS) is 12.2. The first kappa shape index (κ1) is 35.0. The highest BCUT2D eigenvalue weighted by atomic mass is 19.2. The molecule has 0 fully saturated rings. The van der Waals surface area contributed by atoms with Crippen LogP contribution in [0.15, 0.2) is 48.5 Å². The summed E-state index contributed by atoms with van der Waals surface area (Å²) in [6.07, 6.45) is 0. The predicted octanol–water partition coefficient (Wildman–Crippen LogP) is 10.2. The van der Waals surface area contributed by atoms with Crippen LogP contribution in [0.4, 0.5) is 17.6 Å². The van der Waals surface area contributed by atoms with E-state index in [0.29, 0.717) is 5.75 Å². The summed E-state index contributed by atoms with van der Waals surface area (Å²) >= 11 is 0. The van der Waals surface area contributed by atoms with Crippen molar-refractivity contribution < 1.29 is 27.8 Å². The monoisotopic (exact) mass is 562 g/mol. The molecule has 222 valence electrons. The molecule has 0 aliphatic rings. The number of rotatable bonds is 0. The van der Waals surface area contributed by atoms with Crippen molar-refractivity contribution in [1.29, 1.82) is 0 Å². The smallest absolute Gasteiger partial charge is 0.203 e. The van der Waals surface area contributed by atoms with Gasteiger partial charge in [-0.1, -0.05) is 126 Å². The lowest BCUT2D eigenvalue weighted by Gasteiger charge is -2.23. The van der Waals surface area contributed by atoms with Crippen molar-refractivity contribution in [2.45, 2.75) is 105 Å². The average molecular weight is 563 g/mol. The molecule has 0 bridgehead atoms. The molecule has 2 nitrogen and oxygen atoms in total. The zero-order chi connectivity index (χ0) is 31.4. The number of halogens is 4. The van der Waals surface area contributed by atoms with Crippen molar-refractivity contribution in [3.05, 3.63) is 94.1 Å². The Morgan fingerprint density at radius 3 is 1.05 bits per heavy atom. The van der Waals surface area contributed by atoms with Crippen molar-refractivity contribution >= 4 is 0 Å². The van der Waals surface area contributed by atoms with Gasteiger partial charge < -0.3 is 10.2 Å². The lowest BCUT2D eigenvalue weighted by molar-refractivity contribution is 0.339. The number of hydrogen-bond donors (Lipinski definition) is 2. The third kappa shape index (κ3) is 9.28. The first-order valence-corrected chi connectivity index (χ1v) is 13.4. The van der Waals surface area contributed by atoms with Crippen LogP contribution in [0, 0.1) is 23.3 Å². The van der Waals surface area contributed by atoms with Crippen molar-refractivity contribution in [2.75, 3.05) is 0 Å². The molecule has 0 aliphatic carbocycles. The van der Waals surface area contributed by atoms with E-state index in [1.807, 2.05) is 18.2 Å². The van der Waals surface area contributed by atoms with Crippen molar-refractivity contribution in [3.8, 4) is 11.5 Å². The molecule has 0 heterocycles. The Kier molecular flexibility index (Phi) is 11.1. The van der Waals surface area contributed by atoms with Gasteiger partial charge in [-0.3, -0.25) is 0 Å². The molecule has 3 rings (SSSR count). The Morgan fingerprint density at radius 2 is 0.800 bits per heavy atom. The third-order valence-corrected chi connectivity index (χ3v) is 6.32. The lowest BCUT2D eigenvalue weighted by atomic mass is 9.82. The van der Waals surface area contributed by atoms with Crippen LogP contribution in [-0.4, -0.2) is 10.2 Å². The minimum absolute atomic E-state index is 0.0331. The lowest BCUT2D eigenvalue weighted by Crippen LogP contribution is -2.18. The second kappa shape index (κ2) is 12.7. The van der Waals surface area contributed by atoms with Gasteiger partial charge >= 0.3 is 0 Å². The Bertz CT molecular complexity index is 1210. The Labute approximate surface area is 238 Å². The molecule has 3 aromatic rings. The summed E-state index contributed by atoms with van der Waals surface area (Å²) in [5, 5.41) is 18.2. The Hall–Kier alpha value is -3.02. The second-order valence-electron chi connectivity index (χ2n) is 14.1. The fourth-order valence-corrected chi connectivity index (χ4v) is 3.86. The van der Waals surface area contributed by atoms with E-state index in [0.717, 1.165) is 5.56 Å². The molecule has 0 saturated heterocycles. The SMILES string of the molecule is CC(C)(C)c1c(F)c(F)c(O)c(F)c1F.CC(C)(C)c1ccc(C(C)(C)C)cc1.CC(C)(C)c1ccccc1O. The van der Waals surface area contributed by atoms with E-state index < -0.39 is 40.0 Å². The summed E-state index contributed by atoms with van der Waals surface area (Å²) in [5.74, 6) is -7.88. The van der Waals surface area contributed by atoms with E-state index in [9.17, 15) is 22.7 Å². The maximum atomic E-state index is 13.3. The Morgan fingerprint density at radius 1 is 0.450 bits per heavy atom. The molecular weight excluding hydrogens is 516 g/mol. The molecular formula is C34H46F4O2. The van der Waals surface area contributed by atoms with Gasteiger partial charge in [-0.15, -0.1) is 0 Å². The number of para-hydroxylation sites is 1.